The fourth-order valence-corrected chi connectivity index (χ4v) is 12.2. The Kier molecular flexibility index (Phi) is 10.6. The van der Waals surface area contributed by atoms with Gasteiger partial charge in [-0.15, -0.1) is 11.8 Å². The first kappa shape index (κ1) is 31.5. The van der Waals surface area contributed by atoms with Gasteiger partial charge in [0.2, 0.25) is 0 Å². The zero-order valence-electron chi connectivity index (χ0n) is 25.4. The number of phenolic OH excluding ortho intramolecular Hbond substituents is 1. The molecule has 0 radical (unpaired) electrons. The second-order valence-corrected chi connectivity index (χ2v) is 18.1. The number of aromatic hydroxyl groups is 1. The quantitative estimate of drug-likeness (QED) is 0.0943. The first-order chi connectivity index (χ1) is 20.1. The molecule has 1 N–H and O–H groups in total. The van der Waals surface area contributed by atoms with Gasteiger partial charge in [0.25, 0.3) is 8.32 Å². The molecule has 0 aliphatic heterocycles. The largest absolute Gasteiger partial charge is 0.543 e. The molecule has 4 aromatic rings. The Bertz CT molecular complexity index is 1410. The summed E-state index contributed by atoms with van der Waals surface area (Å²) in [5.41, 5.74) is 3.91. The Hall–Kier alpha value is -3.48. The van der Waals surface area contributed by atoms with E-state index in [9.17, 15) is 9.90 Å². The zero-order chi connectivity index (χ0) is 30.3. The van der Waals surface area contributed by atoms with Crippen molar-refractivity contribution in [3.63, 3.8) is 0 Å². The fraction of sp³-hybridized carbons (Fsp3) is 0.306. The van der Waals surface area contributed by atoms with Gasteiger partial charge in [-0.3, -0.25) is 4.79 Å². The monoisotopic (exact) mass is 598 g/mol. The van der Waals surface area contributed by atoms with E-state index in [2.05, 4.69) is 41.5 Å². The van der Waals surface area contributed by atoms with E-state index in [4.69, 9.17) is 9.16 Å². The van der Waals surface area contributed by atoms with E-state index in [0.717, 1.165) is 16.9 Å². The van der Waals surface area contributed by atoms with Gasteiger partial charge < -0.3 is 14.3 Å². The van der Waals surface area contributed by atoms with Crippen LogP contribution in [0.25, 0.3) is 0 Å². The maximum Gasteiger partial charge on any atom is 0.258 e. The van der Waals surface area contributed by atoms with Crippen molar-refractivity contribution in [2.75, 3.05) is 0 Å². The van der Waals surface area contributed by atoms with Crippen LogP contribution in [0.15, 0.2) is 108 Å². The Labute approximate surface area is 256 Å². The molecular formula is C36H42O4SSi. The first-order valence-electron chi connectivity index (χ1n) is 14.7. The van der Waals surface area contributed by atoms with Gasteiger partial charge in [0.15, 0.2) is 5.78 Å². The smallest absolute Gasteiger partial charge is 0.258 e. The SMILES string of the molecule is CC(C)[Si](Oc1ccc(C(=O)C(Sc2ccc(OCc3ccccc3)cc2O)c2ccccc2)cc1)(C(C)C)C(C)C. The minimum atomic E-state index is -2.10. The number of thioether (sulfide) groups is 1. The molecule has 42 heavy (non-hydrogen) atoms. The number of ketones is 1. The maximum atomic E-state index is 13.9. The van der Waals surface area contributed by atoms with Crippen molar-refractivity contribution < 1.29 is 19.1 Å². The summed E-state index contributed by atoms with van der Waals surface area (Å²) in [6, 6.07) is 32.5. The third-order valence-electron chi connectivity index (χ3n) is 7.90. The lowest BCUT2D eigenvalue weighted by Crippen LogP contribution is -2.50. The molecule has 4 aromatic carbocycles. The highest BCUT2D eigenvalue weighted by atomic mass is 32.2. The number of ether oxygens (including phenoxy) is 1. The predicted octanol–water partition coefficient (Wildman–Crippen LogP) is 10.2. The summed E-state index contributed by atoms with van der Waals surface area (Å²) in [5.74, 6) is 1.45. The Morgan fingerprint density at radius 3 is 1.83 bits per heavy atom. The number of carbonyl (C=O) groups excluding carboxylic acids is 1. The second kappa shape index (κ2) is 14.1. The van der Waals surface area contributed by atoms with Crippen molar-refractivity contribution in [1.29, 1.82) is 0 Å². The van der Waals surface area contributed by atoms with E-state index in [1.165, 1.54) is 11.8 Å². The Balaban J connectivity index is 1.55. The van der Waals surface area contributed by atoms with E-state index < -0.39 is 13.6 Å². The van der Waals surface area contributed by atoms with Gasteiger partial charge in [-0.1, -0.05) is 102 Å². The second-order valence-electron chi connectivity index (χ2n) is 11.6. The van der Waals surface area contributed by atoms with E-state index in [1.54, 1.807) is 6.07 Å². The number of rotatable bonds is 13. The van der Waals surface area contributed by atoms with Crippen LogP contribution >= 0.6 is 11.8 Å². The molecule has 0 aliphatic rings. The molecule has 0 aromatic heterocycles. The summed E-state index contributed by atoms with van der Waals surface area (Å²) in [4.78, 5) is 14.6. The molecule has 220 valence electrons. The van der Waals surface area contributed by atoms with Gasteiger partial charge in [0, 0.05) is 11.6 Å². The number of hydrogen-bond donors (Lipinski definition) is 1. The van der Waals surface area contributed by atoms with Crippen LogP contribution in [-0.4, -0.2) is 19.2 Å². The average molecular weight is 599 g/mol. The predicted molar refractivity (Wildman–Crippen MR) is 176 cm³/mol. The van der Waals surface area contributed by atoms with Crippen molar-refractivity contribution in [3.05, 3.63) is 120 Å². The van der Waals surface area contributed by atoms with Crippen molar-refractivity contribution >= 4 is 25.9 Å². The summed E-state index contributed by atoms with van der Waals surface area (Å²) < 4.78 is 12.7. The minimum absolute atomic E-state index is 0.0263. The van der Waals surface area contributed by atoms with Crippen LogP contribution in [0.5, 0.6) is 17.2 Å². The summed E-state index contributed by atoms with van der Waals surface area (Å²) in [6.45, 7) is 14.0. The third-order valence-corrected chi connectivity index (χ3v) is 15.2. The molecule has 0 saturated heterocycles. The van der Waals surface area contributed by atoms with Gasteiger partial charge in [0.05, 0.1) is 10.1 Å². The molecule has 0 saturated carbocycles. The number of hydrogen-bond acceptors (Lipinski definition) is 5. The Morgan fingerprint density at radius 1 is 0.738 bits per heavy atom. The van der Waals surface area contributed by atoms with E-state index in [0.29, 0.717) is 39.4 Å². The molecular weight excluding hydrogens is 557 g/mol. The van der Waals surface area contributed by atoms with E-state index in [-0.39, 0.29) is 11.5 Å². The lowest BCUT2D eigenvalue weighted by molar-refractivity contribution is 0.0989. The molecule has 1 atom stereocenters. The van der Waals surface area contributed by atoms with Crippen molar-refractivity contribution in [1.82, 2.24) is 0 Å². The standard InChI is InChI=1S/C36H42O4SSi/c1-25(2)42(26(3)4,27(5)6)40-31-19-17-29(18-20-31)35(38)36(30-15-11-8-12-16-30)41-34-22-21-32(23-33(34)37)39-24-28-13-9-7-10-14-28/h7-23,25-27,36-37H,24H2,1-6H3. The van der Waals surface area contributed by atoms with Crippen LogP contribution in [0.2, 0.25) is 16.6 Å². The highest BCUT2D eigenvalue weighted by molar-refractivity contribution is 8.00. The zero-order valence-corrected chi connectivity index (χ0v) is 27.2. The highest BCUT2D eigenvalue weighted by Crippen LogP contribution is 2.44. The van der Waals surface area contributed by atoms with Crippen LogP contribution in [0, 0.1) is 0 Å². The van der Waals surface area contributed by atoms with Crippen molar-refractivity contribution in [2.45, 2.75) is 74.9 Å². The van der Waals surface area contributed by atoms with Gasteiger partial charge in [-0.05, 0) is 64.1 Å². The van der Waals surface area contributed by atoms with Crippen molar-refractivity contribution in [2.24, 2.45) is 0 Å². The summed E-state index contributed by atoms with van der Waals surface area (Å²) in [6.07, 6.45) is 0. The highest BCUT2D eigenvalue weighted by Gasteiger charge is 2.47. The molecule has 0 amide bonds. The number of Topliss-reactive ketones (excluding diaryl/α,β-unsaturated/α-hetero) is 1. The van der Waals surface area contributed by atoms with Crippen LogP contribution < -0.4 is 9.16 Å². The molecule has 4 nitrogen and oxygen atoms in total. The number of phenols is 1. The summed E-state index contributed by atoms with van der Waals surface area (Å²) >= 11 is 1.34. The normalized spacial score (nSPS) is 12.5. The fourth-order valence-electron chi connectivity index (χ4n) is 5.85. The molecule has 0 bridgehead atoms. The third kappa shape index (κ3) is 7.29. The van der Waals surface area contributed by atoms with Crippen molar-refractivity contribution in [3.8, 4) is 17.2 Å². The Morgan fingerprint density at radius 2 is 1.29 bits per heavy atom. The topological polar surface area (TPSA) is 55.8 Å². The summed E-state index contributed by atoms with van der Waals surface area (Å²) in [7, 11) is -2.10. The van der Waals surface area contributed by atoms with E-state index >= 15 is 0 Å². The molecule has 6 heteroatoms. The lowest BCUT2D eigenvalue weighted by Gasteiger charge is -2.42. The molecule has 0 spiro atoms. The van der Waals surface area contributed by atoms with Crippen LogP contribution in [-0.2, 0) is 6.61 Å². The molecule has 1 unspecified atom stereocenters. The first-order valence-corrected chi connectivity index (χ1v) is 17.7. The summed E-state index contributed by atoms with van der Waals surface area (Å²) in [5, 5.41) is 10.4. The number of carbonyl (C=O) groups is 1. The van der Waals surface area contributed by atoms with Gasteiger partial charge in [0.1, 0.15) is 23.9 Å². The molecule has 0 heterocycles. The van der Waals surface area contributed by atoms with E-state index in [1.807, 2.05) is 97.1 Å². The van der Waals surface area contributed by atoms with Gasteiger partial charge in [-0.25, -0.2) is 0 Å². The van der Waals surface area contributed by atoms with Gasteiger partial charge in [-0.2, -0.15) is 0 Å². The maximum absolute atomic E-state index is 13.9. The molecule has 0 aliphatic carbocycles. The number of benzene rings is 4. The van der Waals surface area contributed by atoms with Crippen LogP contribution in [0.4, 0.5) is 0 Å². The molecule has 0 fully saturated rings. The molecule has 4 rings (SSSR count). The average Bonchev–Trinajstić information content (AvgIpc) is 2.98. The van der Waals surface area contributed by atoms with Crippen LogP contribution in [0.1, 0.15) is 68.3 Å². The lowest BCUT2D eigenvalue weighted by atomic mass is 10.0. The van der Waals surface area contributed by atoms with Gasteiger partial charge >= 0.3 is 0 Å². The minimum Gasteiger partial charge on any atom is -0.543 e. The van der Waals surface area contributed by atoms with Crippen LogP contribution in [0.3, 0.4) is 0 Å².